The van der Waals surface area contributed by atoms with Crippen molar-refractivity contribution in [2.24, 2.45) is 29.1 Å². The number of ether oxygens (including phenoxy) is 2. The lowest BCUT2D eigenvalue weighted by atomic mass is 9.46. The van der Waals surface area contributed by atoms with Gasteiger partial charge in [-0.1, -0.05) is 0 Å². The van der Waals surface area contributed by atoms with E-state index in [0.717, 1.165) is 41.3 Å². The molecule has 0 radical (unpaired) electrons. The van der Waals surface area contributed by atoms with E-state index in [1.807, 2.05) is 0 Å². The SMILES string of the molecule is C[N+](C)(C)CCOC(=O)C(C(=O)OCC[N+](C)(C)C)C12CC3CC(CC(C3)C1)C2.[I-].[I-]. The Kier molecular flexibility index (Phi) is 10.6. The number of quaternary nitrogens is 2. The predicted molar refractivity (Wildman–Crippen MR) is 112 cm³/mol. The van der Waals surface area contributed by atoms with Gasteiger partial charge < -0.3 is 66.4 Å². The molecule has 4 saturated carbocycles. The maximum Gasteiger partial charge on any atom is 0.321 e. The van der Waals surface area contributed by atoms with Crippen molar-refractivity contribution in [3.63, 3.8) is 0 Å². The normalized spacial score (nSPS) is 29.2. The Morgan fingerprint density at radius 1 is 0.742 bits per heavy atom. The Morgan fingerprint density at radius 2 is 1.06 bits per heavy atom. The van der Waals surface area contributed by atoms with E-state index in [2.05, 4.69) is 42.3 Å². The zero-order valence-corrected chi connectivity index (χ0v) is 24.5. The quantitative estimate of drug-likeness (QED) is 0.111. The molecular weight excluding hydrogens is 622 g/mol. The van der Waals surface area contributed by atoms with E-state index < -0.39 is 5.92 Å². The van der Waals surface area contributed by atoms with Crippen molar-refractivity contribution in [1.82, 2.24) is 0 Å². The summed E-state index contributed by atoms with van der Waals surface area (Å²) < 4.78 is 12.8. The first-order valence-corrected chi connectivity index (χ1v) is 11.3. The van der Waals surface area contributed by atoms with E-state index >= 15 is 0 Å². The number of nitrogens with zero attached hydrogens (tertiary/aromatic N) is 2. The monoisotopic (exact) mass is 664 g/mol. The largest absolute Gasteiger partial charge is 1.00 e. The van der Waals surface area contributed by atoms with Gasteiger partial charge in [-0.2, -0.15) is 0 Å². The number of likely N-dealkylation sites (N-methyl/N-ethyl adjacent to an activating group) is 2. The highest BCUT2D eigenvalue weighted by atomic mass is 127. The molecule has 4 aliphatic rings. The van der Waals surface area contributed by atoms with Gasteiger partial charge in [0.1, 0.15) is 26.3 Å². The molecule has 4 rings (SSSR count). The lowest BCUT2D eigenvalue weighted by Crippen LogP contribution is -3.00. The summed E-state index contributed by atoms with van der Waals surface area (Å²) in [6.07, 6.45) is 6.78. The van der Waals surface area contributed by atoms with Gasteiger partial charge in [0.05, 0.1) is 42.3 Å². The summed E-state index contributed by atoms with van der Waals surface area (Å²) in [5, 5.41) is 0. The maximum absolute atomic E-state index is 13.2. The molecule has 31 heavy (non-hydrogen) atoms. The minimum absolute atomic E-state index is 0. The summed E-state index contributed by atoms with van der Waals surface area (Å²) in [5.41, 5.74) is -0.240. The van der Waals surface area contributed by atoms with Gasteiger partial charge in [0.15, 0.2) is 5.92 Å². The van der Waals surface area contributed by atoms with Crippen molar-refractivity contribution in [3.8, 4) is 0 Å². The molecule has 4 aliphatic carbocycles. The number of rotatable bonds is 9. The van der Waals surface area contributed by atoms with Gasteiger partial charge >= 0.3 is 11.9 Å². The predicted octanol–water partition coefficient (Wildman–Crippen LogP) is -3.67. The highest BCUT2D eigenvalue weighted by molar-refractivity contribution is 5.96. The molecule has 182 valence electrons. The summed E-state index contributed by atoms with van der Waals surface area (Å²) in [6, 6.07) is 0. The summed E-state index contributed by atoms with van der Waals surface area (Å²) >= 11 is 0. The third-order valence-electron chi connectivity index (χ3n) is 7.18. The minimum Gasteiger partial charge on any atom is -1.00 e. The lowest BCUT2D eigenvalue weighted by Gasteiger charge is -2.58. The van der Waals surface area contributed by atoms with Crippen LogP contribution < -0.4 is 48.0 Å². The lowest BCUT2D eigenvalue weighted by molar-refractivity contribution is -0.870. The molecule has 0 saturated heterocycles. The van der Waals surface area contributed by atoms with Crippen LogP contribution in [-0.2, 0) is 19.1 Å². The average Bonchev–Trinajstić information content (AvgIpc) is 2.50. The van der Waals surface area contributed by atoms with Gasteiger partial charge in [-0.05, 0) is 61.7 Å². The van der Waals surface area contributed by atoms with Crippen LogP contribution in [0.2, 0.25) is 0 Å². The van der Waals surface area contributed by atoms with Crippen LogP contribution >= 0.6 is 0 Å². The standard InChI is InChI=1S/C23H42N2O4.2HI/c1-24(2,3)7-9-28-21(26)20(22(27)29-10-8-25(4,5)6)23-14-17-11-18(15-23)13-19(12-17)16-23;;/h17-20H,7-16H2,1-6H3;2*1H/q+2;;/p-2. The van der Waals surface area contributed by atoms with Crippen molar-refractivity contribution in [2.45, 2.75) is 38.5 Å². The fourth-order valence-corrected chi connectivity index (χ4v) is 6.13. The first-order chi connectivity index (χ1) is 13.4. The molecular formula is C23H42I2N2O4. The molecule has 0 amide bonds. The van der Waals surface area contributed by atoms with Crippen LogP contribution in [0.15, 0.2) is 0 Å². The van der Waals surface area contributed by atoms with E-state index in [9.17, 15) is 9.59 Å². The fraction of sp³-hybridized carbons (Fsp3) is 0.913. The molecule has 0 atom stereocenters. The second-order valence-corrected chi connectivity index (χ2v) is 12.1. The molecule has 0 heterocycles. The Balaban J connectivity index is 0.00000240. The minimum atomic E-state index is -0.754. The molecule has 6 nitrogen and oxygen atoms in total. The van der Waals surface area contributed by atoms with Crippen LogP contribution in [0.1, 0.15) is 38.5 Å². The van der Waals surface area contributed by atoms with E-state index in [1.165, 1.54) is 19.3 Å². The molecule has 4 fully saturated rings. The molecule has 0 aromatic heterocycles. The van der Waals surface area contributed by atoms with Gasteiger partial charge in [-0.15, -0.1) is 0 Å². The van der Waals surface area contributed by atoms with Crippen molar-refractivity contribution in [3.05, 3.63) is 0 Å². The third kappa shape index (κ3) is 7.95. The zero-order chi connectivity index (χ0) is 21.4. The van der Waals surface area contributed by atoms with E-state index in [1.54, 1.807) is 0 Å². The summed E-state index contributed by atoms with van der Waals surface area (Å²) in [5.74, 6) is 0.549. The van der Waals surface area contributed by atoms with Gasteiger partial charge in [0, 0.05) is 0 Å². The zero-order valence-electron chi connectivity index (χ0n) is 20.2. The Labute approximate surface area is 223 Å². The van der Waals surface area contributed by atoms with Crippen molar-refractivity contribution in [1.29, 1.82) is 0 Å². The van der Waals surface area contributed by atoms with Gasteiger partial charge in [-0.25, -0.2) is 0 Å². The third-order valence-corrected chi connectivity index (χ3v) is 7.18. The van der Waals surface area contributed by atoms with Crippen molar-refractivity contribution < 1.29 is 76.0 Å². The van der Waals surface area contributed by atoms with E-state index in [0.29, 0.717) is 31.0 Å². The van der Waals surface area contributed by atoms with E-state index in [-0.39, 0.29) is 65.3 Å². The van der Waals surface area contributed by atoms with E-state index in [4.69, 9.17) is 9.47 Å². The summed E-state index contributed by atoms with van der Waals surface area (Å²) in [6.45, 7) is 2.15. The molecule has 0 aliphatic heterocycles. The molecule has 0 unspecified atom stereocenters. The molecule has 0 aromatic carbocycles. The first-order valence-electron chi connectivity index (χ1n) is 11.3. The fourth-order valence-electron chi connectivity index (χ4n) is 6.13. The van der Waals surface area contributed by atoms with Gasteiger partial charge in [0.2, 0.25) is 0 Å². The number of halogens is 2. The van der Waals surface area contributed by atoms with Crippen LogP contribution in [0.5, 0.6) is 0 Å². The number of hydrogen-bond acceptors (Lipinski definition) is 4. The van der Waals surface area contributed by atoms with Gasteiger partial charge in [0.25, 0.3) is 0 Å². The second-order valence-electron chi connectivity index (χ2n) is 12.1. The van der Waals surface area contributed by atoms with Gasteiger partial charge in [-0.3, -0.25) is 9.59 Å². The van der Waals surface area contributed by atoms with Crippen LogP contribution in [0.25, 0.3) is 0 Å². The van der Waals surface area contributed by atoms with Crippen molar-refractivity contribution >= 4 is 11.9 Å². The number of esters is 2. The molecule has 0 N–H and O–H groups in total. The Hall–Kier alpha value is 0.320. The molecule has 8 heteroatoms. The summed E-state index contributed by atoms with van der Waals surface area (Å²) in [7, 11) is 12.4. The summed E-state index contributed by atoms with van der Waals surface area (Å²) in [4.78, 5) is 26.4. The highest BCUT2D eigenvalue weighted by Crippen LogP contribution is 2.63. The number of carbonyl (C=O) groups excluding carboxylic acids is 2. The Bertz CT molecular complexity index is 561. The molecule has 0 aromatic rings. The van der Waals surface area contributed by atoms with Crippen LogP contribution in [0, 0.1) is 29.1 Å². The molecule has 0 spiro atoms. The van der Waals surface area contributed by atoms with Crippen LogP contribution in [-0.4, -0.2) is 89.5 Å². The Morgan fingerprint density at radius 3 is 1.35 bits per heavy atom. The second kappa shape index (κ2) is 11.2. The maximum atomic E-state index is 13.2. The number of hydrogen-bond donors (Lipinski definition) is 0. The first kappa shape index (κ1) is 29.4. The topological polar surface area (TPSA) is 52.6 Å². The highest BCUT2D eigenvalue weighted by Gasteiger charge is 2.59. The van der Waals surface area contributed by atoms with Crippen LogP contribution in [0.4, 0.5) is 0 Å². The number of carbonyl (C=O) groups is 2. The van der Waals surface area contributed by atoms with Crippen molar-refractivity contribution in [2.75, 3.05) is 68.6 Å². The average molecular weight is 664 g/mol. The molecule has 4 bridgehead atoms. The van der Waals surface area contributed by atoms with Crippen LogP contribution in [0.3, 0.4) is 0 Å². The smallest absolute Gasteiger partial charge is 0.321 e.